The van der Waals surface area contributed by atoms with Gasteiger partial charge in [0.1, 0.15) is 10.6 Å². The number of methoxy groups -OCH3 is 1. The monoisotopic (exact) mass is 494 g/mol. The van der Waals surface area contributed by atoms with Gasteiger partial charge in [-0.3, -0.25) is 9.52 Å². The van der Waals surface area contributed by atoms with Crippen LogP contribution in [0.4, 0.5) is 5.69 Å². The van der Waals surface area contributed by atoms with E-state index in [-0.39, 0.29) is 22.1 Å². The molecule has 3 aromatic carbocycles. The number of aryl methyl sites for hydroxylation is 1. The Morgan fingerprint density at radius 3 is 2.43 bits per heavy atom. The number of benzene rings is 3. The van der Waals surface area contributed by atoms with Crippen LogP contribution in [0.3, 0.4) is 0 Å². The smallest absolute Gasteiger partial charge is 0.338 e. The van der Waals surface area contributed by atoms with E-state index in [1.165, 1.54) is 30.9 Å². The van der Waals surface area contributed by atoms with Crippen molar-refractivity contribution < 1.29 is 27.5 Å². The molecule has 0 aromatic heterocycles. The van der Waals surface area contributed by atoms with Crippen LogP contribution in [0, 0.1) is 6.92 Å². The Morgan fingerprint density at radius 2 is 1.71 bits per heavy atom. The van der Waals surface area contributed by atoms with E-state index in [4.69, 9.17) is 9.47 Å². The van der Waals surface area contributed by atoms with Gasteiger partial charge in [0.25, 0.3) is 15.9 Å². The minimum Gasteiger partial charge on any atom is -0.495 e. The number of fused-ring (bicyclic) bond motifs is 1. The summed E-state index contributed by atoms with van der Waals surface area (Å²) in [6.07, 6.45) is 0.740. The summed E-state index contributed by atoms with van der Waals surface area (Å²) in [5, 5.41) is 0. The number of esters is 1. The second kappa shape index (κ2) is 10.2. The van der Waals surface area contributed by atoms with E-state index in [2.05, 4.69) is 4.72 Å². The van der Waals surface area contributed by atoms with Gasteiger partial charge in [-0.2, -0.15) is 0 Å². The van der Waals surface area contributed by atoms with Crippen molar-refractivity contribution in [1.82, 2.24) is 4.90 Å². The average Bonchev–Trinajstić information content (AvgIpc) is 2.87. The zero-order valence-electron chi connectivity index (χ0n) is 19.5. The zero-order chi connectivity index (χ0) is 25.0. The summed E-state index contributed by atoms with van der Waals surface area (Å²) in [7, 11) is -2.72. The predicted octanol–water partition coefficient (Wildman–Crippen LogP) is 3.55. The van der Waals surface area contributed by atoms with Crippen LogP contribution in [0.25, 0.3) is 0 Å². The lowest BCUT2D eigenvalue weighted by atomic mass is 10.00. The molecule has 0 radical (unpaired) electrons. The van der Waals surface area contributed by atoms with Crippen LogP contribution < -0.4 is 9.46 Å². The fourth-order valence-electron chi connectivity index (χ4n) is 3.86. The second-order valence-corrected chi connectivity index (χ2v) is 9.90. The number of ether oxygens (including phenoxy) is 2. The largest absolute Gasteiger partial charge is 0.495 e. The SMILES string of the molecule is COc1ccc(C(=O)OCC(=O)N2CCc3ccccc3C2)cc1S(=O)(=O)Nc1ccc(C)cc1. The van der Waals surface area contributed by atoms with Crippen molar-refractivity contribution in [2.75, 3.05) is 25.0 Å². The van der Waals surface area contributed by atoms with Gasteiger partial charge in [0.2, 0.25) is 0 Å². The first kappa shape index (κ1) is 24.3. The third-order valence-corrected chi connectivity index (χ3v) is 7.21. The quantitative estimate of drug-likeness (QED) is 0.504. The van der Waals surface area contributed by atoms with Gasteiger partial charge in [0.05, 0.1) is 12.7 Å². The highest BCUT2D eigenvalue weighted by Gasteiger charge is 2.24. The minimum absolute atomic E-state index is 0.00753. The van der Waals surface area contributed by atoms with Crippen LogP contribution in [0.5, 0.6) is 5.75 Å². The lowest BCUT2D eigenvalue weighted by Crippen LogP contribution is -2.38. The topological polar surface area (TPSA) is 102 Å². The maximum absolute atomic E-state index is 13.0. The lowest BCUT2D eigenvalue weighted by molar-refractivity contribution is -0.135. The molecule has 0 fully saturated rings. The third kappa shape index (κ3) is 5.63. The first-order valence-corrected chi connectivity index (χ1v) is 12.5. The Hall–Kier alpha value is -3.85. The zero-order valence-corrected chi connectivity index (χ0v) is 20.3. The van der Waals surface area contributed by atoms with Crippen LogP contribution >= 0.6 is 0 Å². The first-order valence-electron chi connectivity index (χ1n) is 11.1. The Kier molecular flexibility index (Phi) is 7.07. The van der Waals surface area contributed by atoms with Crippen molar-refractivity contribution in [2.24, 2.45) is 0 Å². The van der Waals surface area contributed by atoms with Crippen molar-refractivity contribution in [3.8, 4) is 5.75 Å². The number of sulfonamides is 1. The van der Waals surface area contributed by atoms with Gasteiger partial charge in [-0.1, -0.05) is 42.0 Å². The van der Waals surface area contributed by atoms with Crippen molar-refractivity contribution in [3.05, 3.63) is 89.0 Å². The summed E-state index contributed by atoms with van der Waals surface area (Å²) in [5.74, 6) is -1.04. The van der Waals surface area contributed by atoms with Gasteiger partial charge in [0.15, 0.2) is 6.61 Å². The minimum atomic E-state index is -4.06. The molecule has 1 aliphatic heterocycles. The number of nitrogens with one attached hydrogen (secondary N) is 1. The summed E-state index contributed by atoms with van der Waals surface area (Å²) in [5.41, 5.74) is 3.63. The molecular formula is C26H26N2O6S. The van der Waals surface area contributed by atoms with E-state index < -0.39 is 22.6 Å². The highest BCUT2D eigenvalue weighted by atomic mass is 32.2. The second-order valence-electron chi connectivity index (χ2n) is 8.25. The van der Waals surface area contributed by atoms with Crippen LogP contribution in [0.2, 0.25) is 0 Å². The van der Waals surface area contributed by atoms with Crippen LogP contribution in [0.15, 0.2) is 71.6 Å². The Morgan fingerprint density at radius 1 is 1.00 bits per heavy atom. The van der Waals surface area contributed by atoms with Gasteiger partial charge in [-0.05, 0) is 54.8 Å². The van der Waals surface area contributed by atoms with Crippen LogP contribution in [0.1, 0.15) is 27.0 Å². The summed E-state index contributed by atoms with van der Waals surface area (Å²) in [6.45, 7) is 2.47. The molecule has 182 valence electrons. The first-order chi connectivity index (χ1) is 16.8. The molecule has 0 unspecified atom stereocenters. The Labute approximate surface area is 204 Å². The molecule has 3 aromatic rings. The fourth-order valence-corrected chi connectivity index (χ4v) is 5.11. The van der Waals surface area contributed by atoms with E-state index >= 15 is 0 Å². The number of hydrogen-bond donors (Lipinski definition) is 1. The number of carbonyl (C=O) groups excluding carboxylic acids is 2. The van der Waals surface area contributed by atoms with Gasteiger partial charge >= 0.3 is 5.97 Å². The maximum Gasteiger partial charge on any atom is 0.338 e. The normalized spacial score (nSPS) is 13.0. The molecular weight excluding hydrogens is 468 g/mol. The van der Waals surface area contributed by atoms with Crippen molar-refractivity contribution in [2.45, 2.75) is 24.8 Å². The molecule has 0 atom stereocenters. The van der Waals surface area contributed by atoms with Gasteiger partial charge in [0, 0.05) is 18.8 Å². The molecule has 0 saturated carbocycles. The number of hydrogen-bond acceptors (Lipinski definition) is 6. The van der Waals surface area contributed by atoms with E-state index in [0.717, 1.165) is 17.5 Å². The van der Waals surface area contributed by atoms with E-state index in [1.807, 2.05) is 31.2 Å². The molecule has 4 rings (SSSR count). The van der Waals surface area contributed by atoms with Crippen molar-refractivity contribution in [1.29, 1.82) is 0 Å². The molecule has 9 heteroatoms. The molecule has 1 amide bonds. The van der Waals surface area contributed by atoms with E-state index in [1.54, 1.807) is 29.2 Å². The highest BCUT2D eigenvalue weighted by Crippen LogP contribution is 2.27. The van der Waals surface area contributed by atoms with Crippen molar-refractivity contribution in [3.63, 3.8) is 0 Å². The Balaban J connectivity index is 1.45. The third-order valence-electron chi connectivity index (χ3n) is 5.80. The number of carbonyl (C=O) groups is 2. The molecule has 1 aliphatic rings. The lowest BCUT2D eigenvalue weighted by Gasteiger charge is -2.28. The standard InChI is InChI=1S/C26H26N2O6S/c1-18-7-10-22(11-8-18)27-35(31,32)24-15-20(9-12-23(24)33-2)26(30)34-17-25(29)28-14-13-19-5-3-4-6-21(19)16-28/h3-12,15,27H,13-14,16-17H2,1-2H3. The predicted molar refractivity (Wildman–Crippen MR) is 131 cm³/mol. The highest BCUT2D eigenvalue weighted by molar-refractivity contribution is 7.92. The number of nitrogens with zero attached hydrogens (tertiary/aromatic N) is 1. The van der Waals surface area contributed by atoms with Crippen LogP contribution in [-0.4, -0.2) is 45.5 Å². The molecule has 8 nitrogen and oxygen atoms in total. The van der Waals surface area contributed by atoms with Gasteiger partial charge in [-0.25, -0.2) is 13.2 Å². The number of rotatable bonds is 7. The fraction of sp³-hybridized carbons (Fsp3) is 0.231. The van der Waals surface area contributed by atoms with Crippen molar-refractivity contribution >= 4 is 27.6 Å². The van der Waals surface area contributed by atoms with E-state index in [0.29, 0.717) is 18.8 Å². The van der Waals surface area contributed by atoms with Gasteiger partial charge in [-0.15, -0.1) is 0 Å². The van der Waals surface area contributed by atoms with Crippen LogP contribution in [-0.2, 0) is 32.5 Å². The summed E-state index contributed by atoms with van der Waals surface area (Å²) in [6, 6.07) is 18.7. The number of amides is 1. The van der Waals surface area contributed by atoms with E-state index in [9.17, 15) is 18.0 Å². The number of anilines is 1. The molecule has 35 heavy (non-hydrogen) atoms. The average molecular weight is 495 g/mol. The molecule has 0 bridgehead atoms. The van der Waals surface area contributed by atoms with Gasteiger partial charge < -0.3 is 14.4 Å². The molecule has 0 aliphatic carbocycles. The molecule has 1 N–H and O–H groups in total. The maximum atomic E-state index is 13.0. The molecule has 1 heterocycles. The Bertz CT molecular complexity index is 1350. The molecule has 0 spiro atoms. The summed E-state index contributed by atoms with van der Waals surface area (Å²) >= 11 is 0. The summed E-state index contributed by atoms with van der Waals surface area (Å²) < 4.78 is 38.9. The molecule has 0 saturated heterocycles. The summed E-state index contributed by atoms with van der Waals surface area (Å²) in [4.78, 5) is 26.7.